The van der Waals surface area contributed by atoms with Gasteiger partial charge in [-0.3, -0.25) is 0 Å². The minimum atomic E-state index is -0.859. The smallest absolute Gasteiger partial charge is 0.337 e. The Kier molecular flexibility index (Phi) is 3.55. The standard InChI is InChI=1S/C16H21NO3/c1-20-12-6-7-13(16(18)19)15(10-12)17-9-8-11-4-2-3-5-14(11)17/h6-7,10-11,14H,2-5,8-9H2,1H3,(H,18,19). The van der Waals surface area contributed by atoms with E-state index in [2.05, 4.69) is 4.90 Å². The SMILES string of the molecule is COc1ccc(C(=O)O)c(N2CCC3CCCCC32)c1. The van der Waals surface area contributed by atoms with E-state index in [4.69, 9.17) is 4.74 Å². The maximum Gasteiger partial charge on any atom is 0.337 e. The number of hydrogen-bond donors (Lipinski definition) is 1. The zero-order valence-corrected chi connectivity index (χ0v) is 11.8. The van der Waals surface area contributed by atoms with Crippen molar-refractivity contribution in [2.24, 2.45) is 5.92 Å². The molecule has 0 radical (unpaired) electrons. The summed E-state index contributed by atoms with van der Waals surface area (Å²) in [6, 6.07) is 5.77. The number of benzene rings is 1. The third-order valence-corrected chi connectivity index (χ3v) is 4.75. The molecule has 1 saturated carbocycles. The number of carbonyl (C=O) groups is 1. The third-order valence-electron chi connectivity index (χ3n) is 4.75. The van der Waals surface area contributed by atoms with Crippen LogP contribution in [0.25, 0.3) is 0 Å². The van der Waals surface area contributed by atoms with Gasteiger partial charge in [0.25, 0.3) is 0 Å². The van der Waals surface area contributed by atoms with Crippen LogP contribution in [0.3, 0.4) is 0 Å². The summed E-state index contributed by atoms with van der Waals surface area (Å²) >= 11 is 0. The summed E-state index contributed by atoms with van der Waals surface area (Å²) in [6.07, 6.45) is 6.22. The number of nitrogens with zero attached hydrogens (tertiary/aromatic N) is 1. The van der Waals surface area contributed by atoms with Gasteiger partial charge in [-0.1, -0.05) is 12.8 Å². The molecule has 108 valence electrons. The quantitative estimate of drug-likeness (QED) is 0.920. The van der Waals surface area contributed by atoms with Crippen molar-refractivity contribution in [2.45, 2.75) is 38.1 Å². The van der Waals surface area contributed by atoms with Gasteiger partial charge in [-0.15, -0.1) is 0 Å². The van der Waals surface area contributed by atoms with E-state index in [9.17, 15) is 9.90 Å². The third kappa shape index (κ3) is 2.23. The van der Waals surface area contributed by atoms with E-state index in [0.717, 1.165) is 23.9 Å². The van der Waals surface area contributed by atoms with Crippen LogP contribution in [0.15, 0.2) is 18.2 Å². The van der Waals surface area contributed by atoms with Gasteiger partial charge in [0.2, 0.25) is 0 Å². The van der Waals surface area contributed by atoms with Crippen LogP contribution in [0.4, 0.5) is 5.69 Å². The zero-order chi connectivity index (χ0) is 14.1. The molecule has 3 rings (SSSR count). The molecular formula is C16H21NO3. The van der Waals surface area contributed by atoms with Gasteiger partial charge < -0.3 is 14.7 Å². The minimum Gasteiger partial charge on any atom is -0.497 e. The molecule has 20 heavy (non-hydrogen) atoms. The topological polar surface area (TPSA) is 49.8 Å². The molecule has 1 heterocycles. The molecule has 1 aromatic carbocycles. The van der Waals surface area contributed by atoms with Crippen molar-refractivity contribution in [3.63, 3.8) is 0 Å². The van der Waals surface area contributed by atoms with Gasteiger partial charge in [0.15, 0.2) is 0 Å². The molecule has 0 spiro atoms. The highest BCUT2D eigenvalue weighted by atomic mass is 16.5. The lowest BCUT2D eigenvalue weighted by atomic mass is 9.85. The summed E-state index contributed by atoms with van der Waals surface area (Å²) in [5.41, 5.74) is 1.21. The molecule has 1 aliphatic heterocycles. The first-order valence-corrected chi connectivity index (χ1v) is 7.38. The molecule has 1 aliphatic carbocycles. The lowest BCUT2D eigenvalue weighted by Gasteiger charge is -2.34. The number of carboxylic acid groups (broad SMARTS) is 1. The Morgan fingerprint density at radius 3 is 2.85 bits per heavy atom. The van der Waals surface area contributed by atoms with Crippen molar-refractivity contribution < 1.29 is 14.6 Å². The van der Waals surface area contributed by atoms with Gasteiger partial charge in [0, 0.05) is 18.7 Å². The first-order valence-electron chi connectivity index (χ1n) is 7.38. The van der Waals surface area contributed by atoms with Crippen LogP contribution in [-0.2, 0) is 0 Å². The van der Waals surface area contributed by atoms with Gasteiger partial charge in [-0.25, -0.2) is 4.79 Å². The van der Waals surface area contributed by atoms with Crippen molar-refractivity contribution in [3.05, 3.63) is 23.8 Å². The van der Waals surface area contributed by atoms with Crippen LogP contribution >= 0.6 is 0 Å². The fraction of sp³-hybridized carbons (Fsp3) is 0.562. The van der Waals surface area contributed by atoms with Gasteiger partial charge in [-0.05, 0) is 37.3 Å². The molecule has 1 saturated heterocycles. The second-order valence-electron chi connectivity index (χ2n) is 5.78. The van der Waals surface area contributed by atoms with Gasteiger partial charge in [0.1, 0.15) is 5.75 Å². The van der Waals surface area contributed by atoms with E-state index in [1.165, 1.54) is 32.1 Å². The average Bonchev–Trinajstić information content (AvgIpc) is 2.90. The summed E-state index contributed by atoms with van der Waals surface area (Å²) in [5.74, 6) is 0.600. The van der Waals surface area contributed by atoms with Gasteiger partial charge in [0.05, 0.1) is 18.4 Å². The molecule has 1 N–H and O–H groups in total. The Hall–Kier alpha value is -1.71. The van der Waals surface area contributed by atoms with Crippen molar-refractivity contribution in [1.82, 2.24) is 0 Å². The van der Waals surface area contributed by atoms with Crippen LogP contribution in [-0.4, -0.2) is 30.8 Å². The van der Waals surface area contributed by atoms with E-state index >= 15 is 0 Å². The maximum atomic E-state index is 11.5. The number of aromatic carboxylic acids is 1. The molecule has 0 amide bonds. The summed E-state index contributed by atoms with van der Waals surface area (Å²) in [7, 11) is 1.62. The summed E-state index contributed by atoms with van der Waals surface area (Å²) < 4.78 is 5.27. The van der Waals surface area contributed by atoms with Crippen LogP contribution < -0.4 is 9.64 Å². The van der Waals surface area contributed by atoms with E-state index in [-0.39, 0.29) is 0 Å². The fourth-order valence-electron chi connectivity index (χ4n) is 3.76. The van der Waals surface area contributed by atoms with E-state index < -0.39 is 5.97 Å². The number of ether oxygens (including phenoxy) is 1. The lowest BCUT2D eigenvalue weighted by Crippen LogP contribution is -2.35. The lowest BCUT2D eigenvalue weighted by molar-refractivity contribution is 0.0697. The van der Waals surface area contributed by atoms with Crippen LogP contribution in [0.5, 0.6) is 5.75 Å². The molecular weight excluding hydrogens is 254 g/mol. The molecule has 1 aromatic rings. The second-order valence-corrected chi connectivity index (χ2v) is 5.78. The van der Waals surface area contributed by atoms with E-state index in [1.807, 2.05) is 6.07 Å². The van der Waals surface area contributed by atoms with Crippen LogP contribution in [0, 0.1) is 5.92 Å². The average molecular weight is 275 g/mol. The zero-order valence-electron chi connectivity index (χ0n) is 11.8. The first kappa shape index (κ1) is 13.3. The number of anilines is 1. The van der Waals surface area contributed by atoms with Gasteiger partial charge in [-0.2, -0.15) is 0 Å². The molecule has 0 aromatic heterocycles. The minimum absolute atomic E-state index is 0.386. The summed E-state index contributed by atoms with van der Waals surface area (Å²) in [5, 5.41) is 9.42. The number of methoxy groups -OCH3 is 1. The number of hydrogen-bond acceptors (Lipinski definition) is 3. The van der Waals surface area contributed by atoms with Crippen molar-refractivity contribution in [2.75, 3.05) is 18.6 Å². The molecule has 2 atom stereocenters. The highest BCUT2D eigenvalue weighted by Crippen LogP contribution is 2.40. The Bertz CT molecular complexity index is 514. The largest absolute Gasteiger partial charge is 0.497 e. The highest BCUT2D eigenvalue weighted by molar-refractivity contribution is 5.95. The Morgan fingerprint density at radius 2 is 2.10 bits per heavy atom. The predicted octanol–water partition coefficient (Wildman–Crippen LogP) is 3.16. The van der Waals surface area contributed by atoms with E-state index in [0.29, 0.717) is 11.6 Å². The van der Waals surface area contributed by atoms with Crippen LogP contribution in [0.2, 0.25) is 0 Å². The summed E-state index contributed by atoms with van der Waals surface area (Å²) in [6.45, 7) is 0.961. The molecule has 2 unspecified atom stereocenters. The number of fused-ring (bicyclic) bond motifs is 1. The second kappa shape index (κ2) is 5.35. The first-order chi connectivity index (χ1) is 9.70. The Labute approximate surface area is 119 Å². The van der Waals surface area contributed by atoms with Gasteiger partial charge >= 0.3 is 5.97 Å². The number of rotatable bonds is 3. The fourth-order valence-corrected chi connectivity index (χ4v) is 3.76. The van der Waals surface area contributed by atoms with Crippen molar-refractivity contribution in [1.29, 1.82) is 0 Å². The molecule has 0 bridgehead atoms. The summed E-state index contributed by atoms with van der Waals surface area (Å²) in [4.78, 5) is 13.8. The van der Waals surface area contributed by atoms with E-state index in [1.54, 1.807) is 19.2 Å². The number of carboxylic acids is 1. The molecule has 4 heteroatoms. The highest BCUT2D eigenvalue weighted by Gasteiger charge is 2.37. The maximum absolute atomic E-state index is 11.5. The Balaban J connectivity index is 1.97. The predicted molar refractivity (Wildman–Crippen MR) is 77.7 cm³/mol. The Morgan fingerprint density at radius 1 is 1.30 bits per heavy atom. The monoisotopic (exact) mass is 275 g/mol. The van der Waals surface area contributed by atoms with Crippen LogP contribution in [0.1, 0.15) is 42.5 Å². The molecule has 2 fully saturated rings. The van der Waals surface area contributed by atoms with Crippen molar-refractivity contribution >= 4 is 11.7 Å². The van der Waals surface area contributed by atoms with Crippen molar-refractivity contribution in [3.8, 4) is 5.75 Å². The molecule has 2 aliphatic rings. The molecule has 4 nitrogen and oxygen atoms in total. The normalized spacial score (nSPS) is 25.4.